The number of nitrogens with zero attached hydrogens (tertiary/aromatic N) is 5. The highest BCUT2D eigenvalue weighted by molar-refractivity contribution is 5.82. The molecule has 4 rings (SSSR count). The molecule has 0 radical (unpaired) electrons. The van der Waals surface area contributed by atoms with Gasteiger partial charge in [-0.25, -0.2) is 9.97 Å². The minimum absolute atomic E-state index is 0.0568. The smallest absolute Gasteiger partial charge is 0.179 e. The molecule has 6 nitrogen and oxygen atoms in total. The molecular formula is C19H15N5O. The van der Waals surface area contributed by atoms with Crippen molar-refractivity contribution in [2.45, 2.75) is 25.5 Å². The molecule has 1 aromatic carbocycles. The second kappa shape index (κ2) is 6.35. The first-order valence-corrected chi connectivity index (χ1v) is 8.18. The summed E-state index contributed by atoms with van der Waals surface area (Å²) in [4.78, 5) is 8.75. The second-order valence-electron chi connectivity index (χ2n) is 5.99. The van der Waals surface area contributed by atoms with Gasteiger partial charge in [0, 0.05) is 6.61 Å². The van der Waals surface area contributed by atoms with Gasteiger partial charge in [-0.05, 0) is 24.5 Å². The molecule has 2 aromatic heterocycles. The van der Waals surface area contributed by atoms with E-state index in [-0.39, 0.29) is 17.5 Å². The molecule has 0 bridgehead atoms. The standard InChI is InChI=1S/C19H15N5O/c20-10-16-17(11-21)23-19-15(22-16)9-18(13-5-2-1-3-6-13)24(19)12-14-7-4-8-25-14/h1-3,5-6,9,14H,4,7-8,12H2. The van der Waals surface area contributed by atoms with Gasteiger partial charge in [0.05, 0.1) is 18.3 Å². The zero-order valence-corrected chi connectivity index (χ0v) is 13.5. The van der Waals surface area contributed by atoms with Crippen molar-refractivity contribution in [1.29, 1.82) is 10.5 Å². The highest BCUT2D eigenvalue weighted by Gasteiger charge is 2.22. The fourth-order valence-electron chi connectivity index (χ4n) is 3.24. The summed E-state index contributed by atoms with van der Waals surface area (Å²) < 4.78 is 7.83. The number of aromatic nitrogens is 3. The van der Waals surface area contributed by atoms with Crippen LogP contribution < -0.4 is 0 Å². The van der Waals surface area contributed by atoms with Crippen LogP contribution in [-0.2, 0) is 11.3 Å². The number of benzene rings is 1. The van der Waals surface area contributed by atoms with Crippen LogP contribution in [0.2, 0.25) is 0 Å². The molecule has 0 spiro atoms. The molecule has 122 valence electrons. The predicted molar refractivity (Wildman–Crippen MR) is 91.4 cm³/mol. The summed E-state index contributed by atoms with van der Waals surface area (Å²) in [5.74, 6) is 0. The Bertz CT molecular complexity index is 1000. The Balaban J connectivity index is 1.93. The van der Waals surface area contributed by atoms with Crippen molar-refractivity contribution in [3.8, 4) is 23.4 Å². The van der Waals surface area contributed by atoms with Gasteiger partial charge in [0.2, 0.25) is 0 Å². The summed E-state index contributed by atoms with van der Waals surface area (Å²) >= 11 is 0. The Labute approximate surface area is 144 Å². The summed E-state index contributed by atoms with van der Waals surface area (Å²) in [7, 11) is 0. The van der Waals surface area contributed by atoms with Gasteiger partial charge in [-0.15, -0.1) is 0 Å². The minimum Gasteiger partial charge on any atom is -0.376 e. The molecule has 1 saturated heterocycles. The van der Waals surface area contributed by atoms with Gasteiger partial charge < -0.3 is 9.30 Å². The Morgan fingerprint density at radius 2 is 1.88 bits per heavy atom. The van der Waals surface area contributed by atoms with Gasteiger partial charge in [0.15, 0.2) is 17.0 Å². The van der Waals surface area contributed by atoms with E-state index in [9.17, 15) is 10.5 Å². The summed E-state index contributed by atoms with van der Waals surface area (Å²) in [5, 5.41) is 18.5. The average molecular weight is 329 g/mol. The van der Waals surface area contributed by atoms with Crippen LogP contribution in [0.1, 0.15) is 24.2 Å². The highest BCUT2D eigenvalue weighted by atomic mass is 16.5. The zero-order valence-electron chi connectivity index (χ0n) is 13.5. The second-order valence-corrected chi connectivity index (χ2v) is 5.99. The molecule has 0 amide bonds. The van der Waals surface area contributed by atoms with E-state index in [4.69, 9.17) is 4.74 Å². The summed E-state index contributed by atoms with van der Waals surface area (Å²) in [6.45, 7) is 1.43. The van der Waals surface area contributed by atoms with Crippen LogP contribution in [0.3, 0.4) is 0 Å². The Morgan fingerprint density at radius 1 is 1.12 bits per heavy atom. The van der Waals surface area contributed by atoms with Gasteiger partial charge in [-0.2, -0.15) is 10.5 Å². The van der Waals surface area contributed by atoms with Crippen LogP contribution in [0.25, 0.3) is 22.4 Å². The lowest BCUT2D eigenvalue weighted by atomic mass is 10.1. The third-order valence-electron chi connectivity index (χ3n) is 4.41. The number of hydrogen-bond donors (Lipinski definition) is 0. The van der Waals surface area contributed by atoms with Crippen LogP contribution in [0.4, 0.5) is 0 Å². The molecule has 0 N–H and O–H groups in total. The van der Waals surface area contributed by atoms with E-state index in [1.165, 1.54) is 0 Å². The van der Waals surface area contributed by atoms with E-state index < -0.39 is 0 Å². The number of nitriles is 2. The van der Waals surface area contributed by atoms with Crippen LogP contribution in [-0.4, -0.2) is 27.2 Å². The summed E-state index contributed by atoms with van der Waals surface area (Å²) in [6, 6.07) is 15.8. The normalized spacial score (nSPS) is 16.6. The summed E-state index contributed by atoms with van der Waals surface area (Å²) in [5.41, 5.74) is 3.35. The largest absolute Gasteiger partial charge is 0.376 e. The molecule has 6 heteroatoms. The molecule has 1 unspecified atom stereocenters. The first kappa shape index (κ1) is 15.3. The maximum absolute atomic E-state index is 9.27. The third-order valence-corrected chi connectivity index (χ3v) is 4.41. The number of hydrogen-bond acceptors (Lipinski definition) is 5. The van der Waals surface area contributed by atoms with Gasteiger partial charge in [-0.1, -0.05) is 30.3 Å². The first-order valence-electron chi connectivity index (χ1n) is 8.18. The van der Waals surface area contributed by atoms with E-state index in [0.717, 1.165) is 30.7 Å². The lowest BCUT2D eigenvalue weighted by Gasteiger charge is -2.15. The van der Waals surface area contributed by atoms with E-state index in [2.05, 4.69) is 14.5 Å². The average Bonchev–Trinajstić information content (AvgIpc) is 3.29. The molecule has 1 atom stereocenters. The maximum atomic E-state index is 9.27. The maximum Gasteiger partial charge on any atom is 0.179 e. The Kier molecular flexibility index (Phi) is 3.89. The number of rotatable bonds is 3. The van der Waals surface area contributed by atoms with Crippen LogP contribution >= 0.6 is 0 Å². The van der Waals surface area contributed by atoms with Crippen LogP contribution in [0, 0.1) is 22.7 Å². The van der Waals surface area contributed by atoms with E-state index in [1.54, 1.807) is 0 Å². The molecule has 25 heavy (non-hydrogen) atoms. The van der Waals surface area contributed by atoms with Crippen molar-refractivity contribution in [3.63, 3.8) is 0 Å². The first-order chi connectivity index (χ1) is 12.3. The van der Waals surface area contributed by atoms with Gasteiger partial charge in [0.1, 0.15) is 17.7 Å². The molecule has 0 saturated carbocycles. The minimum atomic E-state index is 0.0568. The predicted octanol–water partition coefficient (Wildman–Crippen LogP) is 3.02. The van der Waals surface area contributed by atoms with Crippen LogP contribution in [0.15, 0.2) is 36.4 Å². The van der Waals surface area contributed by atoms with Crippen LogP contribution in [0.5, 0.6) is 0 Å². The highest BCUT2D eigenvalue weighted by Crippen LogP contribution is 2.29. The summed E-state index contributed by atoms with van der Waals surface area (Å²) in [6.07, 6.45) is 2.18. The molecule has 0 aliphatic carbocycles. The van der Waals surface area contributed by atoms with Crippen molar-refractivity contribution in [2.75, 3.05) is 6.61 Å². The van der Waals surface area contributed by atoms with Crippen molar-refractivity contribution in [3.05, 3.63) is 47.8 Å². The monoisotopic (exact) mass is 329 g/mol. The fourth-order valence-corrected chi connectivity index (χ4v) is 3.24. The molecule has 3 heterocycles. The van der Waals surface area contributed by atoms with E-state index in [1.807, 2.05) is 48.5 Å². The van der Waals surface area contributed by atoms with Crippen molar-refractivity contribution in [2.24, 2.45) is 0 Å². The third kappa shape index (κ3) is 2.73. The Morgan fingerprint density at radius 3 is 2.56 bits per heavy atom. The topological polar surface area (TPSA) is 87.5 Å². The fraction of sp³-hybridized carbons (Fsp3) is 0.263. The molecule has 1 fully saturated rings. The van der Waals surface area contributed by atoms with Crippen molar-refractivity contribution < 1.29 is 4.74 Å². The lowest BCUT2D eigenvalue weighted by Crippen LogP contribution is -2.16. The Hall–Kier alpha value is -3.22. The molecule has 3 aromatic rings. The van der Waals surface area contributed by atoms with Crippen molar-refractivity contribution >= 4 is 11.2 Å². The van der Waals surface area contributed by atoms with E-state index in [0.29, 0.717) is 17.7 Å². The van der Waals surface area contributed by atoms with Crippen molar-refractivity contribution in [1.82, 2.24) is 14.5 Å². The SMILES string of the molecule is N#Cc1nc2cc(-c3ccccc3)n(CC3CCCO3)c2nc1C#N. The molecule has 1 aliphatic rings. The van der Waals surface area contributed by atoms with Gasteiger partial charge in [-0.3, -0.25) is 0 Å². The number of ether oxygens (including phenoxy) is 1. The van der Waals surface area contributed by atoms with Gasteiger partial charge >= 0.3 is 0 Å². The van der Waals surface area contributed by atoms with Gasteiger partial charge in [0.25, 0.3) is 0 Å². The quantitative estimate of drug-likeness (QED) is 0.737. The number of fused-ring (bicyclic) bond motifs is 1. The lowest BCUT2D eigenvalue weighted by molar-refractivity contribution is 0.0982. The van der Waals surface area contributed by atoms with E-state index >= 15 is 0 Å². The molecular weight excluding hydrogens is 314 g/mol. The molecule has 1 aliphatic heterocycles. The zero-order chi connectivity index (χ0) is 17.2.